The average Bonchev–Trinajstić information content (AvgIpc) is 3.24. The molecule has 0 spiro atoms. The molecule has 0 unspecified atom stereocenters. The summed E-state index contributed by atoms with van der Waals surface area (Å²) in [6.07, 6.45) is 5.42. The number of para-hydroxylation sites is 1. The fourth-order valence-corrected chi connectivity index (χ4v) is 3.08. The van der Waals surface area contributed by atoms with Gasteiger partial charge in [0, 0.05) is 31.4 Å². The van der Waals surface area contributed by atoms with Gasteiger partial charge in [0.05, 0.1) is 12.1 Å². The van der Waals surface area contributed by atoms with Gasteiger partial charge in [-0.15, -0.1) is 0 Å². The molecule has 0 saturated carbocycles. The van der Waals surface area contributed by atoms with Crippen LogP contribution >= 0.6 is 0 Å². The summed E-state index contributed by atoms with van der Waals surface area (Å²) in [6.45, 7) is 3.07. The summed E-state index contributed by atoms with van der Waals surface area (Å²) in [5.41, 5.74) is 3.11. The lowest BCUT2D eigenvalue weighted by molar-refractivity contribution is -0.126. The predicted octanol–water partition coefficient (Wildman–Crippen LogP) is 1.68. The minimum absolute atomic E-state index is 0.0193. The largest absolute Gasteiger partial charge is 0.355 e. The molecule has 2 aromatic rings. The maximum atomic E-state index is 12.4. The highest BCUT2D eigenvalue weighted by molar-refractivity contribution is 6.00. The Morgan fingerprint density at radius 1 is 1.42 bits per heavy atom. The van der Waals surface area contributed by atoms with Crippen molar-refractivity contribution in [1.29, 1.82) is 0 Å². The van der Waals surface area contributed by atoms with Crippen molar-refractivity contribution < 1.29 is 9.59 Å². The monoisotopic (exact) mass is 326 g/mol. The molecule has 1 aliphatic heterocycles. The summed E-state index contributed by atoms with van der Waals surface area (Å²) in [6, 6.07) is 7.89. The molecule has 1 atom stereocenters. The summed E-state index contributed by atoms with van der Waals surface area (Å²) in [5.74, 6) is -0.319. The van der Waals surface area contributed by atoms with Gasteiger partial charge in [-0.1, -0.05) is 25.1 Å². The van der Waals surface area contributed by atoms with E-state index in [4.69, 9.17) is 0 Å². The van der Waals surface area contributed by atoms with Crippen molar-refractivity contribution in [1.82, 2.24) is 15.5 Å². The first-order valence-corrected chi connectivity index (χ1v) is 8.32. The first kappa shape index (κ1) is 16.2. The Labute approximate surface area is 141 Å². The summed E-state index contributed by atoms with van der Waals surface area (Å²) in [5, 5.41) is 9.55. The van der Waals surface area contributed by atoms with Crippen LogP contribution in [0.2, 0.25) is 0 Å². The summed E-state index contributed by atoms with van der Waals surface area (Å²) < 4.78 is 0. The first-order chi connectivity index (χ1) is 11.7. The van der Waals surface area contributed by atoms with Crippen LogP contribution in [0.25, 0.3) is 0 Å². The molecular weight excluding hydrogens is 304 g/mol. The smallest absolute Gasteiger partial charge is 0.227 e. The van der Waals surface area contributed by atoms with Gasteiger partial charge in [0.1, 0.15) is 0 Å². The molecule has 1 aliphatic rings. The van der Waals surface area contributed by atoms with E-state index in [0.29, 0.717) is 13.1 Å². The molecule has 0 radical (unpaired) electrons. The van der Waals surface area contributed by atoms with E-state index in [2.05, 4.69) is 22.4 Å². The van der Waals surface area contributed by atoms with E-state index in [1.54, 1.807) is 11.1 Å². The molecule has 24 heavy (non-hydrogen) atoms. The number of aromatic nitrogens is 2. The van der Waals surface area contributed by atoms with Gasteiger partial charge in [-0.25, -0.2) is 0 Å². The van der Waals surface area contributed by atoms with Crippen molar-refractivity contribution in [2.45, 2.75) is 26.2 Å². The van der Waals surface area contributed by atoms with E-state index in [9.17, 15) is 9.59 Å². The normalized spacial score (nSPS) is 17.3. The highest BCUT2D eigenvalue weighted by Crippen LogP contribution is 2.28. The average molecular weight is 326 g/mol. The van der Waals surface area contributed by atoms with Gasteiger partial charge in [0.2, 0.25) is 11.8 Å². The summed E-state index contributed by atoms with van der Waals surface area (Å²) >= 11 is 0. The Morgan fingerprint density at radius 2 is 2.25 bits per heavy atom. The van der Waals surface area contributed by atoms with Crippen molar-refractivity contribution >= 4 is 17.5 Å². The molecule has 3 rings (SSSR count). The van der Waals surface area contributed by atoms with Crippen LogP contribution in [-0.2, 0) is 22.4 Å². The molecule has 6 heteroatoms. The maximum absolute atomic E-state index is 12.4. The number of carbonyl (C=O) groups is 2. The molecule has 0 bridgehead atoms. The Morgan fingerprint density at radius 3 is 3.00 bits per heavy atom. The van der Waals surface area contributed by atoms with Crippen LogP contribution in [0, 0.1) is 5.92 Å². The molecule has 1 aromatic heterocycles. The summed E-state index contributed by atoms with van der Waals surface area (Å²) in [7, 11) is 0. The van der Waals surface area contributed by atoms with E-state index in [1.807, 2.05) is 30.5 Å². The predicted molar refractivity (Wildman–Crippen MR) is 91.6 cm³/mol. The molecule has 126 valence electrons. The van der Waals surface area contributed by atoms with Crippen molar-refractivity contribution in [3.8, 4) is 0 Å². The van der Waals surface area contributed by atoms with Crippen LogP contribution < -0.4 is 10.2 Å². The number of carbonyl (C=O) groups excluding carboxylic acids is 2. The van der Waals surface area contributed by atoms with E-state index in [0.717, 1.165) is 29.7 Å². The van der Waals surface area contributed by atoms with Gasteiger partial charge in [0.15, 0.2) is 0 Å². The Kier molecular flexibility index (Phi) is 4.93. The number of aromatic amines is 1. The highest BCUT2D eigenvalue weighted by Gasteiger charge is 2.35. The number of hydrogen-bond acceptors (Lipinski definition) is 3. The lowest BCUT2D eigenvalue weighted by Gasteiger charge is -2.19. The zero-order chi connectivity index (χ0) is 16.9. The van der Waals surface area contributed by atoms with E-state index in [1.165, 1.54) is 0 Å². The second-order valence-electron chi connectivity index (χ2n) is 6.04. The Bertz CT molecular complexity index is 712. The SMILES string of the molecule is CCc1ccccc1N1C[C@H](C(=O)NCCc2cn[nH]c2)CC1=O. The summed E-state index contributed by atoms with van der Waals surface area (Å²) in [4.78, 5) is 26.4. The van der Waals surface area contributed by atoms with E-state index in [-0.39, 0.29) is 24.2 Å². The number of benzene rings is 1. The maximum Gasteiger partial charge on any atom is 0.227 e. The fraction of sp³-hybridized carbons (Fsp3) is 0.389. The van der Waals surface area contributed by atoms with Crippen LogP contribution in [0.4, 0.5) is 5.69 Å². The number of H-pyrrole nitrogens is 1. The van der Waals surface area contributed by atoms with Gasteiger partial charge >= 0.3 is 0 Å². The van der Waals surface area contributed by atoms with Crippen molar-refractivity contribution in [3.63, 3.8) is 0 Å². The third-order valence-corrected chi connectivity index (χ3v) is 4.43. The second-order valence-corrected chi connectivity index (χ2v) is 6.04. The van der Waals surface area contributed by atoms with Crippen LogP contribution in [0.3, 0.4) is 0 Å². The Balaban J connectivity index is 1.58. The minimum atomic E-state index is -0.285. The van der Waals surface area contributed by atoms with Crippen molar-refractivity contribution in [2.24, 2.45) is 5.92 Å². The first-order valence-electron chi connectivity index (χ1n) is 8.32. The second kappa shape index (κ2) is 7.29. The van der Waals surface area contributed by atoms with E-state index >= 15 is 0 Å². The minimum Gasteiger partial charge on any atom is -0.355 e. The van der Waals surface area contributed by atoms with Gasteiger partial charge in [-0.3, -0.25) is 14.7 Å². The molecule has 2 heterocycles. The quantitative estimate of drug-likeness (QED) is 0.848. The topological polar surface area (TPSA) is 78.1 Å². The molecule has 1 saturated heterocycles. The zero-order valence-corrected chi connectivity index (χ0v) is 13.8. The van der Waals surface area contributed by atoms with E-state index < -0.39 is 0 Å². The molecule has 2 N–H and O–H groups in total. The number of amides is 2. The molecule has 2 amide bonds. The number of anilines is 1. The number of aryl methyl sites for hydroxylation is 1. The number of hydrogen-bond donors (Lipinski definition) is 2. The van der Waals surface area contributed by atoms with Crippen LogP contribution in [-0.4, -0.2) is 35.1 Å². The third kappa shape index (κ3) is 3.48. The third-order valence-electron chi connectivity index (χ3n) is 4.43. The number of nitrogens with zero attached hydrogens (tertiary/aromatic N) is 2. The lowest BCUT2D eigenvalue weighted by atomic mass is 10.1. The molecular formula is C18H22N4O2. The molecule has 1 aromatic carbocycles. The number of nitrogens with one attached hydrogen (secondary N) is 2. The molecule has 1 fully saturated rings. The lowest BCUT2D eigenvalue weighted by Crippen LogP contribution is -2.34. The van der Waals surface area contributed by atoms with Crippen molar-refractivity contribution in [2.75, 3.05) is 18.0 Å². The van der Waals surface area contributed by atoms with Gasteiger partial charge in [-0.2, -0.15) is 5.10 Å². The molecule has 0 aliphatic carbocycles. The van der Waals surface area contributed by atoms with Gasteiger partial charge in [-0.05, 0) is 30.0 Å². The van der Waals surface area contributed by atoms with Gasteiger partial charge in [0.25, 0.3) is 0 Å². The Hall–Kier alpha value is -2.63. The van der Waals surface area contributed by atoms with Crippen molar-refractivity contribution in [3.05, 3.63) is 47.8 Å². The van der Waals surface area contributed by atoms with Gasteiger partial charge < -0.3 is 10.2 Å². The van der Waals surface area contributed by atoms with Crippen LogP contribution in [0.15, 0.2) is 36.7 Å². The standard InChI is InChI=1S/C18H22N4O2/c1-2-14-5-3-4-6-16(14)22-12-15(9-17(22)23)18(24)19-8-7-13-10-20-21-11-13/h3-6,10-11,15H,2,7-9,12H2,1H3,(H,19,24)(H,20,21)/t15-/m1/s1. The number of rotatable bonds is 6. The fourth-order valence-electron chi connectivity index (χ4n) is 3.08. The molecule has 6 nitrogen and oxygen atoms in total. The van der Waals surface area contributed by atoms with Crippen LogP contribution in [0.1, 0.15) is 24.5 Å². The highest BCUT2D eigenvalue weighted by atomic mass is 16.2. The van der Waals surface area contributed by atoms with Crippen LogP contribution in [0.5, 0.6) is 0 Å². The zero-order valence-electron chi connectivity index (χ0n) is 13.8.